The molecule has 0 spiro atoms. The van der Waals surface area contributed by atoms with E-state index in [0.29, 0.717) is 24.1 Å². The van der Waals surface area contributed by atoms with Crippen LogP contribution in [0.15, 0.2) is 24.3 Å². The Morgan fingerprint density at radius 1 is 1.27 bits per heavy atom. The first-order valence-corrected chi connectivity index (χ1v) is 5.71. The minimum absolute atomic E-state index is 0.345. The molecule has 0 aliphatic rings. The quantitative estimate of drug-likeness (QED) is 0.780. The van der Waals surface area contributed by atoms with Gasteiger partial charge in [-0.05, 0) is 42.5 Å². The highest BCUT2D eigenvalue weighted by Gasteiger charge is 2.18. The van der Waals surface area contributed by atoms with E-state index in [1.165, 1.54) is 5.56 Å². The second-order valence-corrected chi connectivity index (χ2v) is 4.01. The molecular formula is C13H21NO. The highest BCUT2D eigenvalue weighted by molar-refractivity contribution is 5.30. The highest BCUT2D eigenvalue weighted by atomic mass is 16.3. The van der Waals surface area contributed by atoms with E-state index in [2.05, 4.69) is 19.9 Å². The van der Waals surface area contributed by atoms with Crippen LogP contribution in [0.2, 0.25) is 0 Å². The summed E-state index contributed by atoms with van der Waals surface area (Å²) in [6.45, 7) is 5.06. The van der Waals surface area contributed by atoms with Crippen molar-refractivity contribution in [2.75, 3.05) is 6.54 Å². The van der Waals surface area contributed by atoms with E-state index in [-0.39, 0.29) is 0 Å². The van der Waals surface area contributed by atoms with Gasteiger partial charge in [-0.15, -0.1) is 0 Å². The molecule has 0 aliphatic heterocycles. The summed E-state index contributed by atoms with van der Waals surface area (Å²) in [6, 6.07) is 7.54. The SMILES string of the molecule is CCC(CN)C(CC)c1cccc(O)c1. The van der Waals surface area contributed by atoms with Gasteiger partial charge in [0.25, 0.3) is 0 Å². The maximum absolute atomic E-state index is 9.45. The Hall–Kier alpha value is -1.02. The van der Waals surface area contributed by atoms with Gasteiger partial charge in [0, 0.05) is 0 Å². The molecule has 2 atom stereocenters. The standard InChI is InChI=1S/C13H21NO/c1-3-10(9-14)13(4-2)11-6-5-7-12(15)8-11/h5-8,10,13,15H,3-4,9,14H2,1-2H3. The average Bonchev–Trinajstić information content (AvgIpc) is 2.25. The molecule has 1 rings (SSSR count). The highest BCUT2D eigenvalue weighted by Crippen LogP contribution is 2.31. The van der Waals surface area contributed by atoms with E-state index < -0.39 is 0 Å². The number of hydrogen-bond donors (Lipinski definition) is 2. The fraction of sp³-hybridized carbons (Fsp3) is 0.538. The van der Waals surface area contributed by atoms with Crippen molar-refractivity contribution >= 4 is 0 Å². The lowest BCUT2D eigenvalue weighted by atomic mass is 9.82. The van der Waals surface area contributed by atoms with E-state index >= 15 is 0 Å². The molecule has 1 aromatic carbocycles. The monoisotopic (exact) mass is 207 g/mol. The molecule has 0 saturated carbocycles. The molecule has 3 N–H and O–H groups in total. The van der Waals surface area contributed by atoms with Crippen molar-refractivity contribution < 1.29 is 5.11 Å². The van der Waals surface area contributed by atoms with Crippen LogP contribution in [-0.4, -0.2) is 11.7 Å². The van der Waals surface area contributed by atoms with Crippen molar-refractivity contribution in [1.82, 2.24) is 0 Å². The Morgan fingerprint density at radius 3 is 2.47 bits per heavy atom. The number of rotatable bonds is 5. The van der Waals surface area contributed by atoms with Crippen molar-refractivity contribution in [3.63, 3.8) is 0 Å². The van der Waals surface area contributed by atoms with Crippen LogP contribution < -0.4 is 5.73 Å². The number of phenols is 1. The average molecular weight is 207 g/mol. The minimum Gasteiger partial charge on any atom is -0.508 e. The van der Waals surface area contributed by atoms with Gasteiger partial charge in [0.15, 0.2) is 0 Å². The molecule has 2 heteroatoms. The second kappa shape index (κ2) is 5.76. The third-order valence-corrected chi connectivity index (χ3v) is 3.13. The van der Waals surface area contributed by atoms with Crippen LogP contribution in [0, 0.1) is 5.92 Å². The molecule has 0 aromatic heterocycles. The van der Waals surface area contributed by atoms with Crippen LogP contribution in [0.25, 0.3) is 0 Å². The molecule has 15 heavy (non-hydrogen) atoms. The Labute approximate surface area is 92.1 Å². The molecule has 0 saturated heterocycles. The van der Waals surface area contributed by atoms with Gasteiger partial charge in [0.05, 0.1) is 0 Å². The van der Waals surface area contributed by atoms with Crippen molar-refractivity contribution in [1.29, 1.82) is 0 Å². The zero-order valence-electron chi connectivity index (χ0n) is 9.61. The molecule has 0 fully saturated rings. The summed E-state index contributed by atoms with van der Waals surface area (Å²) in [4.78, 5) is 0. The summed E-state index contributed by atoms with van der Waals surface area (Å²) in [5, 5.41) is 9.45. The minimum atomic E-state index is 0.345. The number of benzene rings is 1. The molecule has 1 aromatic rings. The van der Waals surface area contributed by atoms with Crippen LogP contribution in [0.4, 0.5) is 0 Å². The summed E-state index contributed by atoms with van der Waals surface area (Å²) in [5.41, 5.74) is 6.98. The molecular weight excluding hydrogens is 186 g/mol. The first kappa shape index (κ1) is 12.1. The van der Waals surface area contributed by atoms with Gasteiger partial charge in [-0.3, -0.25) is 0 Å². The number of phenolic OH excluding ortho intramolecular Hbond substituents is 1. The summed E-state index contributed by atoms with van der Waals surface area (Å²) in [5.74, 6) is 1.32. The third kappa shape index (κ3) is 2.96. The van der Waals surface area contributed by atoms with Gasteiger partial charge < -0.3 is 10.8 Å². The van der Waals surface area contributed by atoms with E-state index in [9.17, 15) is 5.11 Å². The summed E-state index contributed by atoms with van der Waals surface area (Å²) < 4.78 is 0. The van der Waals surface area contributed by atoms with Gasteiger partial charge >= 0.3 is 0 Å². The molecule has 0 aliphatic carbocycles. The summed E-state index contributed by atoms with van der Waals surface area (Å²) in [6.07, 6.45) is 2.16. The molecule has 0 heterocycles. The molecule has 84 valence electrons. The Morgan fingerprint density at radius 2 is 2.00 bits per heavy atom. The van der Waals surface area contributed by atoms with Crippen LogP contribution in [0.5, 0.6) is 5.75 Å². The third-order valence-electron chi connectivity index (χ3n) is 3.13. The number of aromatic hydroxyl groups is 1. The molecule has 2 unspecified atom stereocenters. The van der Waals surface area contributed by atoms with Crippen molar-refractivity contribution in [2.45, 2.75) is 32.6 Å². The predicted molar refractivity (Wildman–Crippen MR) is 64.0 cm³/mol. The van der Waals surface area contributed by atoms with Crippen LogP contribution in [-0.2, 0) is 0 Å². The first-order chi connectivity index (χ1) is 7.22. The zero-order chi connectivity index (χ0) is 11.3. The number of nitrogens with two attached hydrogens (primary N) is 1. The van der Waals surface area contributed by atoms with Gasteiger partial charge in [-0.2, -0.15) is 0 Å². The number of hydrogen-bond acceptors (Lipinski definition) is 2. The van der Waals surface area contributed by atoms with Crippen molar-refractivity contribution in [3.8, 4) is 5.75 Å². The molecule has 0 radical (unpaired) electrons. The fourth-order valence-electron chi connectivity index (χ4n) is 2.21. The Balaban J connectivity index is 2.90. The van der Waals surface area contributed by atoms with Gasteiger partial charge in [0.1, 0.15) is 5.75 Å². The van der Waals surface area contributed by atoms with Crippen LogP contribution >= 0.6 is 0 Å². The van der Waals surface area contributed by atoms with E-state index in [1.807, 2.05) is 12.1 Å². The smallest absolute Gasteiger partial charge is 0.115 e. The largest absolute Gasteiger partial charge is 0.508 e. The second-order valence-electron chi connectivity index (χ2n) is 4.01. The molecule has 0 bridgehead atoms. The molecule has 0 amide bonds. The first-order valence-electron chi connectivity index (χ1n) is 5.71. The topological polar surface area (TPSA) is 46.2 Å². The maximum atomic E-state index is 9.45. The predicted octanol–water partition coefficient (Wildman–Crippen LogP) is 2.87. The maximum Gasteiger partial charge on any atom is 0.115 e. The van der Waals surface area contributed by atoms with Gasteiger partial charge in [-0.1, -0.05) is 32.4 Å². The van der Waals surface area contributed by atoms with Crippen molar-refractivity contribution in [3.05, 3.63) is 29.8 Å². The fourth-order valence-corrected chi connectivity index (χ4v) is 2.21. The Bertz CT molecular complexity index is 294. The van der Waals surface area contributed by atoms with Gasteiger partial charge in [-0.25, -0.2) is 0 Å². The van der Waals surface area contributed by atoms with E-state index in [1.54, 1.807) is 6.07 Å². The zero-order valence-corrected chi connectivity index (χ0v) is 9.61. The van der Waals surface area contributed by atoms with Crippen LogP contribution in [0.3, 0.4) is 0 Å². The normalized spacial score (nSPS) is 14.9. The van der Waals surface area contributed by atoms with Gasteiger partial charge in [0.2, 0.25) is 0 Å². The lowest BCUT2D eigenvalue weighted by Crippen LogP contribution is -2.21. The summed E-state index contributed by atoms with van der Waals surface area (Å²) in [7, 11) is 0. The lowest BCUT2D eigenvalue weighted by Gasteiger charge is -2.24. The van der Waals surface area contributed by atoms with E-state index in [0.717, 1.165) is 12.8 Å². The lowest BCUT2D eigenvalue weighted by molar-refractivity contribution is 0.406. The summed E-state index contributed by atoms with van der Waals surface area (Å²) >= 11 is 0. The Kier molecular flexibility index (Phi) is 4.63. The van der Waals surface area contributed by atoms with E-state index in [4.69, 9.17) is 5.73 Å². The van der Waals surface area contributed by atoms with Crippen LogP contribution in [0.1, 0.15) is 38.2 Å². The molecule has 2 nitrogen and oxygen atoms in total. The van der Waals surface area contributed by atoms with Crippen molar-refractivity contribution in [2.24, 2.45) is 11.7 Å².